The van der Waals surface area contributed by atoms with E-state index in [0.29, 0.717) is 13.1 Å². The van der Waals surface area contributed by atoms with E-state index in [0.717, 1.165) is 18.6 Å². The number of rotatable bonds is 3. The summed E-state index contributed by atoms with van der Waals surface area (Å²) in [5.74, 6) is -0.462. The van der Waals surface area contributed by atoms with E-state index in [1.807, 2.05) is 6.92 Å². The fourth-order valence-electron chi connectivity index (χ4n) is 2.39. The second kappa shape index (κ2) is 5.36. The lowest BCUT2D eigenvalue weighted by molar-refractivity contribution is 0.404. The fraction of sp³-hybridized carbons (Fsp3) is 0.500. The van der Waals surface area contributed by atoms with Crippen LogP contribution < -0.4 is 5.73 Å². The topological polar surface area (TPSA) is 63.4 Å². The minimum atomic E-state index is -3.64. The van der Waals surface area contributed by atoms with Gasteiger partial charge in [0.25, 0.3) is 0 Å². The van der Waals surface area contributed by atoms with Crippen LogP contribution in [0.25, 0.3) is 0 Å². The van der Waals surface area contributed by atoms with Crippen LogP contribution in [0, 0.1) is 11.7 Å². The van der Waals surface area contributed by atoms with Gasteiger partial charge in [-0.3, -0.25) is 0 Å². The van der Waals surface area contributed by atoms with E-state index < -0.39 is 15.8 Å². The Kier molecular flexibility index (Phi) is 4.15. The summed E-state index contributed by atoms with van der Waals surface area (Å²) in [4.78, 5) is 0.0171. The molecule has 1 aliphatic rings. The summed E-state index contributed by atoms with van der Waals surface area (Å²) < 4.78 is 39.5. The van der Waals surface area contributed by atoms with Crippen molar-refractivity contribution < 1.29 is 12.8 Å². The Morgan fingerprint density at radius 3 is 2.74 bits per heavy atom. The van der Waals surface area contributed by atoms with Crippen molar-refractivity contribution in [2.24, 2.45) is 11.7 Å². The summed E-state index contributed by atoms with van der Waals surface area (Å²) in [6.07, 6.45) is 0.741. The Bertz CT molecular complexity index is 579. The standard InChI is InChI=1S/C12H16ClFN2O2S/c1-8-4-9(6-15)7-16(8)19(17,18)10-2-3-12(14)11(13)5-10/h2-3,5,8-9H,4,6-7,15H2,1H3. The van der Waals surface area contributed by atoms with Gasteiger partial charge in [-0.25, -0.2) is 12.8 Å². The summed E-state index contributed by atoms with van der Waals surface area (Å²) in [6.45, 7) is 2.70. The molecule has 4 nitrogen and oxygen atoms in total. The molecule has 2 atom stereocenters. The Balaban J connectivity index is 2.34. The van der Waals surface area contributed by atoms with E-state index in [-0.39, 0.29) is 21.9 Å². The minimum absolute atomic E-state index is 0.0171. The Labute approximate surface area is 117 Å². The van der Waals surface area contributed by atoms with E-state index >= 15 is 0 Å². The largest absolute Gasteiger partial charge is 0.330 e. The molecule has 0 saturated carbocycles. The van der Waals surface area contributed by atoms with Gasteiger partial charge in [-0.2, -0.15) is 4.31 Å². The van der Waals surface area contributed by atoms with Crippen LogP contribution in [0.4, 0.5) is 4.39 Å². The molecule has 0 radical (unpaired) electrons. The van der Waals surface area contributed by atoms with Crippen LogP contribution in [0.2, 0.25) is 5.02 Å². The predicted molar refractivity (Wildman–Crippen MR) is 71.9 cm³/mol. The number of nitrogens with two attached hydrogens (primary N) is 1. The van der Waals surface area contributed by atoms with Crippen molar-refractivity contribution in [2.45, 2.75) is 24.3 Å². The zero-order valence-corrected chi connectivity index (χ0v) is 12.1. The second-order valence-corrected chi connectivity index (χ2v) is 7.13. The maximum absolute atomic E-state index is 13.1. The smallest absolute Gasteiger partial charge is 0.243 e. The Morgan fingerprint density at radius 1 is 1.53 bits per heavy atom. The summed E-state index contributed by atoms with van der Waals surface area (Å²) in [6, 6.07) is 3.34. The van der Waals surface area contributed by atoms with Gasteiger partial charge in [-0.1, -0.05) is 11.6 Å². The Morgan fingerprint density at radius 2 is 2.21 bits per heavy atom. The van der Waals surface area contributed by atoms with Gasteiger partial charge in [0.15, 0.2) is 0 Å². The summed E-state index contributed by atoms with van der Waals surface area (Å²) in [5.41, 5.74) is 5.59. The van der Waals surface area contributed by atoms with Crippen molar-refractivity contribution in [3.63, 3.8) is 0 Å². The van der Waals surface area contributed by atoms with Crippen molar-refractivity contribution in [3.8, 4) is 0 Å². The van der Waals surface area contributed by atoms with E-state index in [4.69, 9.17) is 17.3 Å². The van der Waals surface area contributed by atoms with Crippen molar-refractivity contribution in [1.82, 2.24) is 4.31 Å². The van der Waals surface area contributed by atoms with Crippen molar-refractivity contribution in [2.75, 3.05) is 13.1 Å². The molecular formula is C12H16ClFN2O2S. The number of sulfonamides is 1. The van der Waals surface area contributed by atoms with E-state index in [1.54, 1.807) is 0 Å². The zero-order chi connectivity index (χ0) is 14.2. The van der Waals surface area contributed by atoms with Crippen LogP contribution in [0.5, 0.6) is 0 Å². The monoisotopic (exact) mass is 306 g/mol. The SMILES string of the molecule is CC1CC(CN)CN1S(=O)(=O)c1ccc(F)c(Cl)c1. The number of hydrogen-bond donors (Lipinski definition) is 1. The number of hydrogen-bond acceptors (Lipinski definition) is 3. The molecule has 106 valence electrons. The van der Waals surface area contributed by atoms with E-state index in [1.165, 1.54) is 10.4 Å². The highest BCUT2D eigenvalue weighted by Gasteiger charge is 2.37. The average Bonchev–Trinajstić information content (AvgIpc) is 2.74. The molecule has 0 aromatic heterocycles. The molecule has 2 unspecified atom stereocenters. The first-order valence-electron chi connectivity index (χ1n) is 6.03. The van der Waals surface area contributed by atoms with E-state index in [2.05, 4.69) is 0 Å². The van der Waals surface area contributed by atoms with Crippen molar-refractivity contribution >= 4 is 21.6 Å². The molecule has 19 heavy (non-hydrogen) atoms. The highest BCUT2D eigenvalue weighted by Crippen LogP contribution is 2.30. The van der Waals surface area contributed by atoms with Crippen LogP contribution in [0.3, 0.4) is 0 Å². The quantitative estimate of drug-likeness (QED) is 0.927. The molecule has 2 N–H and O–H groups in total. The highest BCUT2D eigenvalue weighted by atomic mass is 35.5. The molecule has 0 spiro atoms. The van der Waals surface area contributed by atoms with Gasteiger partial charge in [0.1, 0.15) is 5.82 Å². The minimum Gasteiger partial charge on any atom is -0.330 e. The lowest BCUT2D eigenvalue weighted by Crippen LogP contribution is -2.34. The normalized spacial score (nSPS) is 24.8. The number of nitrogens with zero attached hydrogens (tertiary/aromatic N) is 1. The van der Waals surface area contributed by atoms with Crippen LogP contribution in [-0.2, 0) is 10.0 Å². The first-order valence-corrected chi connectivity index (χ1v) is 7.85. The lowest BCUT2D eigenvalue weighted by Gasteiger charge is -2.21. The maximum Gasteiger partial charge on any atom is 0.243 e. The molecule has 1 aromatic rings. The van der Waals surface area contributed by atoms with Crippen molar-refractivity contribution in [3.05, 3.63) is 29.0 Å². The van der Waals surface area contributed by atoms with Gasteiger partial charge in [0.05, 0.1) is 9.92 Å². The van der Waals surface area contributed by atoms with Gasteiger partial charge in [-0.05, 0) is 44.0 Å². The molecule has 2 rings (SSSR count). The molecule has 7 heteroatoms. The van der Waals surface area contributed by atoms with Crippen LogP contribution in [0.15, 0.2) is 23.1 Å². The van der Waals surface area contributed by atoms with Crippen LogP contribution >= 0.6 is 11.6 Å². The zero-order valence-electron chi connectivity index (χ0n) is 10.5. The van der Waals surface area contributed by atoms with Gasteiger partial charge in [0.2, 0.25) is 10.0 Å². The first kappa shape index (κ1) is 14.7. The molecule has 1 heterocycles. The third-order valence-corrected chi connectivity index (χ3v) is 5.70. The van der Waals surface area contributed by atoms with Gasteiger partial charge in [-0.15, -0.1) is 0 Å². The fourth-order valence-corrected chi connectivity index (χ4v) is 4.38. The number of benzene rings is 1. The molecule has 1 fully saturated rings. The van der Waals surface area contributed by atoms with Crippen LogP contribution in [-0.4, -0.2) is 31.9 Å². The third-order valence-electron chi connectivity index (χ3n) is 3.44. The van der Waals surface area contributed by atoms with Gasteiger partial charge < -0.3 is 5.73 Å². The first-order chi connectivity index (χ1) is 8.86. The summed E-state index contributed by atoms with van der Waals surface area (Å²) >= 11 is 5.64. The van der Waals surface area contributed by atoms with Crippen LogP contribution in [0.1, 0.15) is 13.3 Å². The molecule has 0 bridgehead atoms. The number of halogens is 2. The third kappa shape index (κ3) is 2.76. The van der Waals surface area contributed by atoms with Crippen molar-refractivity contribution in [1.29, 1.82) is 0 Å². The molecular weight excluding hydrogens is 291 g/mol. The molecule has 1 aliphatic heterocycles. The maximum atomic E-state index is 13.1. The molecule has 0 aliphatic carbocycles. The highest BCUT2D eigenvalue weighted by molar-refractivity contribution is 7.89. The molecule has 1 aromatic carbocycles. The van der Waals surface area contributed by atoms with E-state index in [9.17, 15) is 12.8 Å². The average molecular weight is 307 g/mol. The summed E-state index contributed by atoms with van der Waals surface area (Å²) in [7, 11) is -3.64. The molecule has 0 amide bonds. The Hall–Kier alpha value is -0.690. The van der Waals surface area contributed by atoms with Gasteiger partial charge >= 0.3 is 0 Å². The summed E-state index contributed by atoms with van der Waals surface area (Å²) in [5, 5.41) is -0.191. The molecule has 1 saturated heterocycles. The second-order valence-electron chi connectivity index (χ2n) is 4.84. The van der Waals surface area contributed by atoms with Gasteiger partial charge in [0, 0.05) is 12.6 Å². The predicted octanol–water partition coefficient (Wildman–Crippen LogP) is 1.84. The lowest BCUT2D eigenvalue weighted by atomic mass is 10.1.